The lowest BCUT2D eigenvalue weighted by Crippen LogP contribution is -2.38. The topological polar surface area (TPSA) is 90.9 Å². The number of rotatable bonds is 4. The lowest BCUT2D eigenvalue weighted by Gasteiger charge is -2.20. The summed E-state index contributed by atoms with van der Waals surface area (Å²) in [6, 6.07) is 14.1. The lowest BCUT2D eigenvalue weighted by molar-refractivity contribution is -0.118. The fraction of sp³-hybridized carbons (Fsp3) is 0.217. The van der Waals surface area contributed by atoms with Gasteiger partial charge in [0.25, 0.3) is 11.5 Å². The predicted molar refractivity (Wildman–Crippen MR) is 119 cm³/mol. The molecule has 0 saturated carbocycles. The number of hydrogen-bond donors (Lipinski definition) is 1. The van der Waals surface area contributed by atoms with Crippen molar-refractivity contribution in [3.63, 3.8) is 0 Å². The first kappa shape index (κ1) is 20.3. The lowest BCUT2D eigenvalue weighted by atomic mass is 10.1. The van der Waals surface area contributed by atoms with E-state index in [9.17, 15) is 14.4 Å². The molecule has 31 heavy (non-hydrogen) atoms. The Kier molecular flexibility index (Phi) is 5.06. The quantitative estimate of drug-likeness (QED) is 0.552. The van der Waals surface area contributed by atoms with Crippen molar-refractivity contribution in [3.8, 4) is 0 Å². The molecule has 4 aromatic rings. The highest BCUT2D eigenvalue weighted by atomic mass is 16.2. The highest BCUT2D eigenvalue weighted by Gasteiger charge is 2.27. The van der Waals surface area contributed by atoms with Gasteiger partial charge in [0.2, 0.25) is 0 Å². The summed E-state index contributed by atoms with van der Waals surface area (Å²) in [5.41, 5.74) is 2.87. The van der Waals surface area contributed by atoms with E-state index in [1.54, 1.807) is 7.05 Å². The van der Waals surface area contributed by atoms with E-state index in [-0.39, 0.29) is 17.1 Å². The van der Waals surface area contributed by atoms with Crippen LogP contribution in [-0.4, -0.2) is 24.6 Å². The fourth-order valence-corrected chi connectivity index (χ4v) is 3.89. The van der Waals surface area contributed by atoms with Crippen molar-refractivity contribution >= 4 is 22.8 Å². The maximum absolute atomic E-state index is 13.5. The van der Waals surface area contributed by atoms with Crippen LogP contribution in [0.1, 0.15) is 22.7 Å². The number of nitrogens with zero attached hydrogens (tertiary/aromatic N) is 4. The van der Waals surface area contributed by atoms with Gasteiger partial charge in [-0.05, 0) is 42.7 Å². The molecule has 0 unspecified atom stereocenters. The average Bonchev–Trinajstić information content (AvgIpc) is 3.15. The number of benzene rings is 2. The Hall–Kier alpha value is -3.94. The summed E-state index contributed by atoms with van der Waals surface area (Å²) in [5, 5.41) is 2.97. The summed E-state index contributed by atoms with van der Waals surface area (Å²) >= 11 is 0. The summed E-state index contributed by atoms with van der Waals surface area (Å²) in [4.78, 5) is 43.0. The maximum atomic E-state index is 13.5. The normalized spacial score (nSPS) is 12.1. The minimum Gasteiger partial charge on any atom is -0.324 e. The van der Waals surface area contributed by atoms with Gasteiger partial charge >= 0.3 is 5.69 Å². The molecule has 2 aromatic carbocycles. The van der Waals surface area contributed by atoms with Crippen molar-refractivity contribution < 1.29 is 4.79 Å². The summed E-state index contributed by atoms with van der Waals surface area (Å²) < 4.78 is 3.85. The fourth-order valence-electron chi connectivity index (χ4n) is 3.89. The molecule has 0 saturated heterocycles. The molecule has 0 aliphatic rings. The van der Waals surface area contributed by atoms with E-state index in [1.165, 1.54) is 22.5 Å². The molecular weight excluding hydrogens is 394 g/mol. The third-order valence-electron chi connectivity index (χ3n) is 5.30. The van der Waals surface area contributed by atoms with Gasteiger partial charge < -0.3 is 9.88 Å². The number of aryl methyl sites for hydroxylation is 3. The van der Waals surface area contributed by atoms with Gasteiger partial charge in [-0.2, -0.15) is 0 Å². The molecule has 8 heteroatoms. The van der Waals surface area contributed by atoms with Gasteiger partial charge in [-0.1, -0.05) is 36.4 Å². The molecule has 158 valence electrons. The third kappa shape index (κ3) is 3.56. The number of fused-ring (bicyclic) bond motifs is 1. The Balaban J connectivity index is 1.90. The Bertz CT molecular complexity index is 1390. The van der Waals surface area contributed by atoms with Crippen LogP contribution in [0.2, 0.25) is 0 Å². The van der Waals surface area contributed by atoms with Crippen molar-refractivity contribution in [2.24, 2.45) is 14.1 Å². The molecule has 2 heterocycles. The van der Waals surface area contributed by atoms with Crippen molar-refractivity contribution in [1.29, 1.82) is 0 Å². The van der Waals surface area contributed by atoms with Gasteiger partial charge in [0, 0.05) is 19.8 Å². The maximum Gasteiger partial charge on any atom is 0.332 e. The zero-order valence-corrected chi connectivity index (χ0v) is 17.8. The van der Waals surface area contributed by atoms with Crippen LogP contribution in [0, 0.1) is 13.8 Å². The Labute approximate surface area is 178 Å². The van der Waals surface area contributed by atoms with Crippen molar-refractivity contribution in [2.75, 3.05) is 5.32 Å². The van der Waals surface area contributed by atoms with Crippen LogP contribution in [0.3, 0.4) is 0 Å². The van der Waals surface area contributed by atoms with Crippen molar-refractivity contribution in [3.05, 3.63) is 92.4 Å². The summed E-state index contributed by atoms with van der Waals surface area (Å²) in [5.74, 6) is -0.314. The van der Waals surface area contributed by atoms with Crippen LogP contribution in [0.4, 0.5) is 5.69 Å². The van der Waals surface area contributed by atoms with Crippen LogP contribution in [-0.2, 0) is 18.9 Å². The largest absolute Gasteiger partial charge is 0.332 e. The van der Waals surface area contributed by atoms with E-state index < -0.39 is 17.3 Å². The zero-order chi connectivity index (χ0) is 22.3. The third-order valence-corrected chi connectivity index (χ3v) is 5.30. The van der Waals surface area contributed by atoms with Crippen molar-refractivity contribution in [1.82, 2.24) is 18.7 Å². The van der Waals surface area contributed by atoms with Gasteiger partial charge in [-0.15, -0.1) is 0 Å². The molecule has 1 amide bonds. The number of carbonyl (C=O) groups excluding carboxylic acids is 1. The first-order valence-corrected chi connectivity index (χ1v) is 9.84. The first-order chi connectivity index (χ1) is 14.8. The zero-order valence-electron chi connectivity index (χ0n) is 17.8. The van der Waals surface area contributed by atoms with Gasteiger partial charge in [-0.25, -0.2) is 9.78 Å². The molecule has 2 aromatic heterocycles. The molecule has 0 aliphatic carbocycles. The van der Waals surface area contributed by atoms with E-state index >= 15 is 0 Å². The van der Waals surface area contributed by atoms with E-state index in [1.807, 2.05) is 62.4 Å². The number of hydrogen-bond acceptors (Lipinski definition) is 4. The monoisotopic (exact) mass is 417 g/mol. The molecule has 4 rings (SSSR count). The minimum atomic E-state index is -0.850. The number of amides is 1. The summed E-state index contributed by atoms with van der Waals surface area (Å²) in [6.45, 7) is 3.93. The number of anilines is 1. The number of carbonyl (C=O) groups is 1. The van der Waals surface area contributed by atoms with Crippen LogP contribution >= 0.6 is 0 Å². The summed E-state index contributed by atoms with van der Waals surface area (Å²) in [6.07, 6.45) is 1.43. The van der Waals surface area contributed by atoms with Gasteiger partial charge in [0.15, 0.2) is 11.2 Å². The van der Waals surface area contributed by atoms with E-state index in [0.717, 1.165) is 15.7 Å². The van der Waals surface area contributed by atoms with Gasteiger partial charge in [0.1, 0.15) is 6.04 Å². The first-order valence-electron chi connectivity index (χ1n) is 9.84. The van der Waals surface area contributed by atoms with E-state index in [0.29, 0.717) is 11.3 Å². The van der Waals surface area contributed by atoms with Crippen LogP contribution in [0.25, 0.3) is 11.2 Å². The second-order valence-electron chi connectivity index (χ2n) is 7.71. The van der Waals surface area contributed by atoms with Gasteiger partial charge in [-0.3, -0.25) is 18.7 Å². The molecule has 0 aliphatic heterocycles. The van der Waals surface area contributed by atoms with Crippen LogP contribution in [0.15, 0.2) is 64.4 Å². The number of aromatic nitrogens is 4. The van der Waals surface area contributed by atoms with Crippen LogP contribution < -0.4 is 16.6 Å². The van der Waals surface area contributed by atoms with E-state index in [2.05, 4.69) is 10.3 Å². The molecule has 1 atom stereocenters. The second kappa shape index (κ2) is 7.71. The predicted octanol–water partition coefficient (Wildman–Crippen LogP) is 2.28. The highest BCUT2D eigenvalue weighted by molar-refractivity contribution is 5.96. The van der Waals surface area contributed by atoms with Gasteiger partial charge in [0.05, 0.1) is 6.33 Å². The minimum absolute atomic E-state index is 0.189. The molecule has 8 nitrogen and oxygen atoms in total. The Morgan fingerprint density at radius 1 is 0.968 bits per heavy atom. The molecule has 0 spiro atoms. The molecular formula is C23H23N5O3. The smallest absolute Gasteiger partial charge is 0.324 e. The van der Waals surface area contributed by atoms with Crippen molar-refractivity contribution in [2.45, 2.75) is 19.9 Å². The van der Waals surface area contributed by atoms with E-state index in [4.69, 9.17) is 0 Å². The molecule has 1 N–H and O–H groups in total. The second-order valence-corrected chi connectivity index (χ2v) is 7.71. The Morgan fingerprint density at radius 3 is 2.26 bits per heavy atom. The molecule has 0 radical (unpaired) electrons. The number of imidazole rings is 1. The SMILES string of the molecule is Cc1cc(C)cc(NC(=O)[C@@H](c2ccccc2)n2cnc3c2c(=O)n(C)c(=O)n3C)c1. The standard InChI is InChI=1S/C23H23N5O3/c1-14-10-15(2)12-17(11-14)25-21(29)18(16-8-6-5-7-9-16)28-13-24-20-19(28)22(30)27(4)23(31)26(20)3/h5-13,18H,1-4H3,(H,25,29)/t18-/m1/s1. The number of nitrogens with one attached hydrogen (secondary N) is 1. The molecule has 0 bridgehead atoms. The Morgan fingerprint density at radius 2 is 1.61 bits per heavy atom. The van der Waals surface area contributed by atoms with Crippen LogP contribution in [0.5, 0.6) is 0 Å². The molecule has 0 fully saturated rings. The highest BCUT2D eigenvalue weighted by Crippen LogP contribution is 2.24. The summed E-state index contributed by atoms with van der Waals surface area (Å²) in [7, 11) is 2.96. The average molecular weight is 417 g/mol.